The lowest BCUT2D eigenvalue weighted by Gasteiger charge is -2.31. The summed E-state index contributed by atoms with van der Waals surface area (Å²) in [5.74, 6) is -0.277. The van der Waals surface area contributed by atoms with Gasteiger partial charge in [-0.2, -0.15) is 0 Å². The summed E-state index contributed by atoms with van der Waals surface area (Å²) in [5, 5.41) is 3.04. The monoisotopic (exact) mass is 301 g/mol. The summed E-state index contributed by atoms with van der Waals surface area (Å²) in [6, 6.07) is 0.618. The van der Waals surface area contributed by atoms with Crippen molar-refractivity contribution in [1.29, 1.82) is 0 Å². The molecule has 0 aromatic heterocycles. The fraction of sp³-hybridized carbons (Fsp3) is 0.938. The molecule has 1 unspecified atom stereocenters. The molecule has 5 nitrogen and oxygen atoms in total. The Bertz CT molecular complexity index is 283. The first-order chi connectivity index (χ1) is 9.95. The van der Waals surface area contributed by atoms with Gasteiger partial charge in [-0.3, -0.25) is 9.69 Å². The summed E-state index contributed by atoms with van der Waals surface area (Å²) in [5.41, 5.74) is 4.86. The van der Waals surface area contributed by atoms with Crippen LogP contribution in [0.5, 0.6) is 0 Å². The SMILES string of the molecule is CCC(CC)N(CCCCC(C)(NC)C(N)=O)CCOC. The van der Waals surface area contributed by atoms with Gasteiger partial charge in [-0.15, -0.1) is 0 Å². The third kappa shape index (κ3) is 7.25. The maximum Gasteiger partial charge on any atom is 0.237 e. The van der Waals surface area contributed by atoms with Crippen LogP contribution >= 0.6 is 0 Å². The van der Waals surface area contributed by atoms with Crippen molar-refractivity contribution in [2.75, 3.05) is 33.9 Å². The molecule has 0 aliphatic rings. The minimum absolute atomic E-state index is 0.277. The van der Waals surface area contributed by atoms with Crippen LogP contribution in [0, 0.1) is 0 Å². The number of carbonyl (C=O) groups is 1. The van der Waals surface area contributed by atoms with E-state index in [0.29, 0.717) is 6.04 Å². The zero-order chi connectivity index (χ0) is 16.3. The Morgan fingerprint density at radius 1 is 1.29 bits per heavy atom. The molecule has 0 heterocycles. The van der Waals surface area contributed by atoms with Gasteiger partial charge < -0.3 is 15.8 Å². The van der Waals surface area contributed by atoms with Crippen LogP contribution in [0.3, 0.4) is 0 Å². The molecule has 1 amide bonds. The van der Waals surface area contributed by atoms with Gasteiger partial charge in [0.2, 0.25) is 5.91 Å². The van der Waals surface area contributed by atoms with Crippen molar-refractivity contribution in [3.8, 4) is 0 Å². The molecule has 3 N–H and O–H groups in total. The number of hydrogen-bond donors (Lipinski definition) is 2. The van der Waals surface area contributed by atoms with Crippen molar-refractivity contribution in [3.05, 3.63) is 0 Å². The number of unbranched alkanes of at least 4 members (excludes halogenated alkanes) is 1. The van der Waals surface area contributed by atoms with Gasteiger partial charge >= 0.3 is 0 Å². The first-order valence-corrected chi connectivity index (χ1v) is 8.16. The highest BCUT2D eigenvalue weighted by Crippen LogP contribution is 2.15. The highest BCUT2D eigenvalue weighted by atomic mass is 16.5. The van der Waals surface area contributed by atoms with E-state index in [0.717, 1.165) is 51.8 Å². The molecule has 1 atom stereocenters. The number of rotatable bonds is 13. The molecular formula is C16H35N3O2. The van der Waals surface area contributed by atoms with Crippen molar-refractivity contribution < 1.29 is 9.53 Å². The Morgan fingerprint density at radius 3 is 2.33 bits per heavy atom. The predicted molar refractivity (Wildman–Crippen MR) is 88.3 cm³/mol. The molecule has 0 saturated carbocycles. The van der Waals surface area contributed by atoms with Crippen LogP contribution in [0.25, 0.3) is 0 Å². The molecule has 5 heteroatoms. The number of methoxy groups -OCH3 is 1. The van der Waals surface area contributed by atoms with Crippen LogP contribution in [-0.2, 0) is 9.53 Å². The molecule has 0 aromatic rings. The minimum Gasteiger partial charge on any atom is -0.383 e. The van der Waals surface area contributed by atoms with E-state index in [1.165, 1.54) is 0 Å². The van der Waals surface area contributed by atoms with Crippen LogP contribution in [-0.4, -0.2) is 56.2 Å². The fourth-order valence-electron chi connectivity index (χ4n) is 2.66. The maximum absolute atomic E-state index is 11.5. The Labute approximate surface area is 130 Å². The summed E-state index contributed by atoms with van der Waals surface area (Å²) < 4.78 is 5.21. The lowest BCUT2D eigenvalue weighted by Crippen LogP contribution is -2.51. The van der Waals surface area contributed by atoms with Gasteiger partial charge in [0, 0.05) is 19.7 Å². The minimum atomic E-state index is -0.591. The summed E-state index contributed by atoms with van der Waals surface area (Å²) in [7, 11) is 3.54. The van der Waals surface area contributed by atoms with Crippen molar-refractivity contribution in [1.82, 2.24) is 10.2 Å². The number of nitrogens with zero attached hydrogens (tertiary/aromatic N) is 1. The molecule has 0 aromatic carbocycles. The van der Waals surface area contributed by atoms with Gasteiger partial charge in [-0.25, -0.2) is 0 Å². The Kier molecular flexibility index (Phi) is 10.6. The summed E-state index contributed by atoms with van der Waals surface area (Å²) in [6.07, 6.45) is 5.17. The molecule has 0 fully saturated rings. The van der Waals surface area contributed by atoms with E-state index >= 15 is 0 Å². The van der Waals surface area contributed by atoms with E-state index < -0.39 is 5.54 Å². The van der Waals surface area contributed by atoms with Crippen LogP contribution in [0.15, 0.2) is 0 Å². The third-order valence-electron chi connectivity index (χ3n) is 4.51. The summed E-state index contributed by atoms with van der Waals surface area (Å²) >= 11 is 0. The van der Waals surface area contributed by atoms with Crippen molar-refractivity contribution in [3.63, 3.8) is 0 Å². The molecule has 0 saturated heterocycles. The summed E-state index contributed by atoms with van der Waals surface area (Å²) in [6.45, 7) is 9.14. The smallest absolute Gasteiger partial charge is 0.237 e. The highest BCUT2D eigenvalue weighted by molar-refractivity contribution is 5.84. The lowest BCUT2D eigenvalue weighted by atomic mass is 9.94. The van der Waals surface area contributed by atoms with Crippen LogP contribution in [0.2, 0.25) is 0 Å². The van der Waals surface area contributed by atoms with E-state index in [4.69, 9.17) is 10.5 Å². The van der Waals surface area contributed by atoms with Gasteiger partial charge in [-0.05, 0) is 52.6 Å². The van der Waals surface area contributed by atoms with Crippen molar-refractivity contribution >= 4 is 5.91 Å². The van der Waals surface area contributed by atoms with Crippen molar-refractivity contribution in [2.45, 2.75) is 64.5 Å². The van der Waals surface area contributed by atoms with Gasteiger partial charge in [-0.1, -0.05) is 13.8 Å². The molecule has 0 radical (unpaired) electrons. The number of nitrogens with one attached hydrogen (secondary N) is 1. The average molecular weight is 301 g/mol. The van der Waals surface area contributed by atoms with E-state index in [1.807, 2.05) is 6.92 Å². The van der Waals surface area contributed by atoms with Crippen LogP contribution < -0.4 is 11.1 Å². The molecule has 21 heavy (non-hydrogen) atoms. The van der Waals surface area contributed by atoms with Gasteiger partial charge in [0.25, 0.3) is 0 Å². The highest BCUT2D eigenvalue weighted by Gasteiger charge is 2.28. The second kappa shape index (κ2) is 11.0. The molecule has 0 rings (SSSR count). The van der Waals surface area contributed by atoms with Gasteiger partial charge in [0.15, 0.2) is 0 Å². The first kappa shape index (κ1) is 20.3. The zero-order valence-electron chi connectivity index (χ0n) is 14.6. The second-order valence-corrected chi connectivity index (χ2v) is 5.90. The number of primary amides is 1. The van der Waals surface area contributed by atoms with E-state index in [-0.39, 0.29) is 5.91 Å². The topological polar surface area (TPSA) is 67.6 Å². The third-order valence-corrected chi connectivity index (χ3v) is 4.51. The number of nitrogens with two attached hydrogens (primary N) is 1. The molecule has 0 aliphatic carbocycles. The summed E-state index contributed by atoms with van der Waals surface area (Å²) in [4.78, 5) is 14.0. The molecular weight excluding hydrogens is 266 g/mol. The quantitative estimate of drug-likeness (QED) is 0.509. The Hall–Kier alpha value is -0.650. The van der Waals surface area contributed by atoms with E-state index in [9.17, 15) is 4.79 Å². The van der Waals surface area contributed by atoms with E-state index in [2.05, 4.69) is 24.1 Å². The number of ether oxygens (including phenoxy) is 1. The number of amides is 1. The number of carbonyl (C=O) groups excluding carboxylic acids is 1. The molecule has 0 bridgehead atoms. The zero-order valence-corrected chi connectivity index (χ0v) is 14.6. The fourth-order valence-corrected chi connectivity index (χ4v) is 2.66. The average Bonchev–Trinajstić information content (AvgIpc) is 2.48. The number of likely N-dealkylation sites (N-methyl/N-ethyl adjacent to an activating group) is 1. The van der Waals surface area contributed by atoms with E-state index in [1.54, 1.807) is 14.2 Å². The van der Waals surface area contributed by atoms with Crippen LogP contribution in [0.1, 0.15) is 52.9 Å². The standard InChI is InChI=1S/C16H35N3O2/c1-6-14(7-2)19(12-13-21-5)11-9-8-10-16(3,18-4)15(17)20/h14,18H,6-13H2,1-5H3,(H2,17,20). The van der Waals surface area contributed by atoms with Gasteiger partial charge in [0.05, 0.1) is 12.1 Å². The molecule has 0 spiro atoms. The number of hydrogen-bond acceptors (Lipinski definition) is 4. The predicted octanol–water partition coefficient (Wildman–Crippen LogP) is 1.76. The Balaban J connectivity index is 4.26. The van der Waals surface area contributed by atoms with Gasteiger partial charge in [0.1, 0.15) is 0 Å². The lowest BCUT2D eigenvalue weighted by molar-refractivity contribution is -0.123. The maximum atomic E-state index is 11.5. The normalized spacial score (nSPS) is 14.6. The first-order valence-electron chi connectivity index (χ1n) is 8.16. The largest absolute Gasteiger partial charge is 0.383 e. The van der Waals surface area contributed by atoms with Crippen molar-refractivity contribution in [2.24, 2.45) is 5.73 Å². The molecule has 0 aliphatic heterocycles. The second-order valence-electron chi connectivity index (χ2n) is 5.90. The van der Waals surface area contributed by atoms with Crippen LogP contribution in [0.4, 0.5) is 0 Å². The molecule has 126 valence electrons. The Morgan fingerprint density at radius 2 is 1.90 bits per heavy atom.